The van der Waals surface area contributed by atoms with Crippen molar-refractivity contribution in [1.82, 2.24) is 14.8 Å². The smallest absolute Gasteiger partial charge is 0.255 e. The summed E-state index contributed by atoms with van der Waals surface area (Å²) in [5.41, 5.74) is 11.1. The van der Waals surface area contributed by atoms with Crippen LogP contribution in [0.25, 0.3) is 0 Å². The third kappa shape index (κ3) is 6.58. The molecule has 1 aliphatic heterocycles. The number of hydrogen-bond acceptors (Lipinski definition) is 6. The van der Waals surface area contributed by atoms with Gasteiger partial charge in [-0.25, -0.2) is 5.01 Å². The minimum absolute atomic E-state index is 0.169. The van der Waals surface area contributed by atoms with Crippen molar-refractivity contribution in [3.8, 4) is 0 Å². The van der Waals surface area contributed by atoms with Crippen LogP contribution < -0.4 is 5.32 Å². The van der Waals surface area contributed by atoms with Crippen molar-refractivity contribution in [2.24, 2.45) is 5.22 Å². The number of para-hydroxylation sites is 1. The summed E-state index contributed by atoms with van der Waals surface area (Å²) in [4.78, 5) is 17.8. The Morgan fingerprint density at radius 1 is 0.897 bits per heavy atom. The molecule has 0 aromatic heterocycles. The third-order valence-corrected chi connectivity index (χ3v) is 7.87. The van der Waals surface area contributed by atoms with Crippen LogP contribution in [0.5, 0.6) is 0 Å². The molecule has 3 aromatic rings. The molecule has 3 N–H and O–H groups in total. The molecule has 1 aliphatic carbocycles. The molecule has 2 aliphatic rings. The summed E-state index contributed by atoms with van der Waals surface area (Å²) in [5, 5.41) is 17.4. The first-order valence-electron chi connectivity index (χ1n) is 13.8. The van der Waals surface area contributed by atoms with Gasteiger partial charge in [0.1, 0.15) is 5.84 Å². The minimum Gasteiger partial charge on any atom is -0.322 e. The van der Waals surface area contributed by atoms with E-state index in [0.29, 0.717) is 18.2 Å². The molecule has 2 fully saturated rings. The average molecular weight is 524 g/mol. The number of carbonyl (C=O) groups excluding carboxylic acids is 1. The molecular formula is C31H37N7O. The van der Waals surface area contributed by atoms with E-state index in [-0.39, 0.29) is 17.8 Å². The predicted molar refractivity (Wildman–Crippen MR) is 154 cm³/mol. The summed E-state index contributed by atoms with van der Waals surface area (Å²) in [7, 11) is 0. The number of carbonyl (C=O) groups is 1. The highest BCUT2D eigenvalue weighted by molar-refractivity contribution is 6.04. The highest BCUT2D eigenvalue weighted by atomic mass is 16.1. The van der Waals surface area contributed by atoms with Gasteiger partial charge < -0.3 is 5.32 Å². The number of amidine groups is 1. The summed E-state index contributed by atoms with van der Waals surface area (Å²) >= 11 is 0. The Balaban J connectivity index is 1.38. The zero-order valence-electron chi connectivity index (χ0n) is 22.3. The second kappa shape index (κ2) is 12.8. The van der Waals surface area contributed by atoms with E-state index in [1.165, 1.54) is 24.3 Å². The Morgan fingerprint density at radius 2 is 1.59 bits per heavy atom. The van der Waals surface area contributed by atoms with Crippen LogP contribution in [0.1, 0.15) is 53.2 Å². The van der Waals surface area contributed by atoms with Crippen LogP contribution in [0.15, 0.2) is 90.2 Å². The first-order valence-corrected chi connectivity index (χ1v) is 13.8. The van der Waals surface area contributed by atoms with Crippen molar-refractivity contribution in [2.45, 2.75) is 44.3 Å². The van der Waals surface area contributed by atoms with Crippen molar-refractivity contribution < 1.29 is 4.79 Å². The number of anilines is 1. The van der Waals surface area contributed by atoms with Gasteiger partial charge in [0.2, 0.25) is 0 Å². The second-order valence-corrected chi connectivity index (χ2v) is 10.4. The van der Waals surface area contributed by atoms with Crippen LogP contribution in [0.4, 0.5) is 5.69 Å². The summed E-state index contributed by atoms with van der Waals surface area (Å²) in [6, 6.07) is 27.1. The van der Waals surface area contributed by atoms with Crippen LogP contribution in [0.2, 0.25) is 0 Å². The quantitative estimate of drug-likeness (QED) is 0.139. The van der Waals surface area contributed by atoms with Gasteiger partial charge in [0.25, 0.3) is 5.91 Å². The first-order chi connectivity index (χ1) is 19.1. The maximum absolute atomic E-state index is 12.9. The molecular weight excluding hydrogens is 486 g/mol. The van der Waals surface area contributed by atoms with Crippen LogP contribution >= 0.6 is 0 Å². The molecule has 1 saturated carbocycles. The zero-order valence-corrected chi connectivity index (χ0v) is 22.3. The van der Waals surface area contributed by atoms with Crippen molar-refractivity contribution in [3.63, 3.8) is 0 Å². The van der Waals surface area contributed by atoms with Gasteiger partial charge in [-0.1, -0.05) is 72.3 Å². The van der Waals surface area contributed by atoms with Crippen LogP contribution in [-0.4, -0.2) is 58.8 Å². The summed E-state index contributed by atoms with van der Waals surface area (Å²) in [6.45, 7) is 4.12. The fraction of sp³-hybridized carbons (Fsp3) is 0.355. The van der Waals surface area contributed by atoms with Crippen molar-refractivity contribution in [3.05, 3.63) is 102 Å². The van der Waals surface area contributed by atoms with E-state index in [9.17, 15) is 10.2 Å². The van der Waals surface area contributed by atoms with E-state index in [1.807, 2.05) is 84.9 Å². The second-order valence-electron chi connectivity index (χ2n) is 10.4. The van der Waals surface area contributed by atoms with Crippen molar-refractivity contribution in [2.75, 3.05) is 31.5 Å². The molecule has 0 bridgehead atoms. The molecule has 0 spiro atoms. The van der Waals surface area contributed by atoms with Gasteiger partial charge in [-0.3, -0.25) is 20.0 Å². The molecule has 202 valence electrons. The molecule has 3 aromatic carbocycles. The molecule has 1 heterocycles. The SMILES string of the molecule is N=NN(Cc1ccccc1)C(=N)C(c1ccc(C(=O)Nc2ccccc2)cc1)N1CCCN(C2CCC2)CC1. The zero-order chi connectivity index (χ0) is 27.0. The van der Waals surface area contributed by atoms with E-state index >= 15 is 0 Å². The summed E-state index contributed by atoms with van der Waals surface area (Å²) < 4.78 is 0. The Kier molecular flexibility index (Phi) is 8.75. The van der Waals surface area contributed by atoms with Crippen molar-refractivity contribution >= 4 is 17.4 Å². The van der Waals surface area contributed by atoms with E-state index in [0.717, 1.165) is 49.4 Å². The lowest BCUT2D eigenvalue weighted by Crippen LogP contribution is -2.44. The molecule has 1 amide bonds. The number of rotatable bonds is 9. The fourth-order valence-electron chi connectivity index (χ4n) is 5.49. The Bertz CT molecular complexity index is 1240. The van der Waals surface area contributed by atoms with Gasteiger partial charge >= 0.3 is 0 Å². The largest absolute Gasteiger partial charge is 0.322 e. The van der Waals surface area contributed by atoms with E-state index in [4.69, 9.17) is 5.53 Å². The van der Waals surface area contributed by atoms with Crippen molar-refractivity contribution in [1.29, 1.82) is 10.9 Å². The Morgan fingerprint density at radius 3 is 2.23 bits per heavy atom. The van der Waals surface area contributed by atoms with Gasteiger partial charge in [0.05, 0.1) is 12.6 Å². The number of hydrogen-bond donors (Lipinski definition) is 3. The molecule has 5 rings (SSSR count). The van der Waals surface area contributed by atoms with Crippen LogP contribution in [0.3, 0.4) is 0 Å². The predicted octanol–water partition coefficient (Wildman–Crippen LogP) is 5.97. The number of benzene rings is 3. The molecule has 1 saturated heterocycles. The molecule has 8 nitrogen and oxygen atoms in total. The van der Waals surface area contributed by atoms with E-state index < -0.39 is 0 Å². The van der Waals surface area contributed by atoms with Crippen LogP contribution in [-0.2, 0) is 6.54 Å². The van der Waals surface area contributed by atoms with Gasteiger partial charge in [-0.15, -0.1) is 0 Å². The maximum atomic E-state index is 12.9. The van der Waals surface area contributed by atoms with E-state index in [1.54, 1.807) is 0 Å². The first kappa shape index (κ1) is 26.7. The number of nitrogens with zero attached hydrogens (tertiary/aromatic N) is 4. The van der Waals surface area contributed by atoms with Gasteiger partial charge in [0.15, 0.2) is 0 Å². The molecule has 8 heteroatoms. The lowest BCUT2D eigenvalue weighted by molar-refractivity contribution is 0.102. The number of nitrogens with one attached hydrogen (secondary N) is 3. The van der Waals surface area contributed by atoms with Gasteiger partial charge in [0, 0.05) is 36.9 Å². The third-order valence-electron chi connectivity index (χ3n) is 7.87. The summed E-state index contributed by atoms with van der Waals surface area (Å²) in [5.74, 6) is 0.101. The Hall–Kier alpha value is -3.88. The lowest BCUT2D eigenvalue weighted by Gasteiger charge is -2.37. The molecule has 1 unspecified atom stereocenters. The Labute approximate surface area is 230 Å². The highest BCUT2D eigenvalue weighted by Crippen LogP contribution is 2.30. The topological polar surface area (TPSA) is 98.9 Å². The van der Waals surface area contributed by atoms with Gasteiger partial charge in [-0.05, 0) is 61.2 Å². The molecule has 1 atom stereocenters. The number of amides is 1. The highest BCUT2D eigenvalue weighted by Gasteiger charge is 2.33. The lowest BCUT2D eigenvalue weighted by atomic mass is 9.91. The maximum Gasteiger partial charge on any atom is 0.255 e. The van der Waals surface area contributed by atoms with Crippen LogP contribution in [0, 0.1) is 10.9 Å². The minimum atomic E-state index is -0.365. The fourth-order valence-corrected chi connectivity index (χ4v) is 5.49. The molecule has 39 heavy (non-hydrogen) atoms. The standard InChI is InChI=1S/C31H37N7O/c32-30(38(35-33)23-24-9-3-1-4-10-24)29(37-20-8-19-36(21-22-37)28-13-7-14-28)25-15-17-26(18-16-25)31(39)34-27-11-5-2-6-12-27/h1-6,9-12,15-18,28-29,32-33H,7-8,13-14,19-23H2,(H,34,39). The average Bonchev–Trinajstić information content (AvgIpc) is 3.18. The van der Waals surface area contributed by atoms with Gasteiger partial charge in [-0.2, -0.15) is 5.53 Å². The van der Waals surface area contributed by atoms with E-state index in [2.05, 4.69) is 20.3 Å². The monoisotopic (exact) mass is 523 g/mol. The summed E-state index contributed by atoms with van der Waals surface area (Å²) in [6.07, 6.45) is 4.93. The molecule has 0 radical (unpaired) electrons. The normalized spacial score (nSPS) is 17.4.